The molecule has 0 aliphatic rings. The summed E-state index contributed by atoms with van der Waals surface area (Å²) in [5.41, 5.74) is 0. The number of carbonyl (C=O) groups excluding carboxylic acids is 1. The first-order chi connectivity index (χ1) is 7.01. The van der Waals surface area contributed by atoms with Crippen molar-refractivity contribution in [3.8, 4) is 0 Å². The second-order valence-corrected chi connectivity index (χ2v) is 5.15. The van der Waals surface area contributed by atoms with Crippen LogP contribution in [0.15, 0.2) is 0 Å². The Bertz CT molecular complexity index is 156. The quantitative estimate of drug-likeness (QED) is 0.616. The van der Waals surface area contributed by atoms with Crippen molar-refractivity contribution in [3.05, 3.63) is 0 Å². The van der Waals surface area contributed by atoms with E-state index in [1.807, 2.05) is 0 Å². The van der Waals surface area contributed by atoms with Crippen LogP contribution in [-0.2, 0) is 4.79 Å². The van der Waals surface area contributed by atoms with Crippen LogP contribution in [0.1, 0.15) is 47.5 Å². The lowest BCUT2D eigenvalue weighted by Crippen LogP contribution is -2.40. The van der Waals surface area contributed by atoms with Crippen LogP contribution in [0.2, 0.25) is 0 Å². The third-order valence-corrected chi connectivity index (χ3v) is 2.51. The van der Waals surface area contributed by atoms with Gasteiger partial charge in [-0.2, -0.15) is 0 Å². The number of hydrogen-bond donors (Lipinski definition) is 0. The largest absolute Gasteiger partial charge is 0.299 e. The van der Waals surface area contributed by atoms with E-state index >= 15 is 0 Å². The van der Waals surface area contributed by atoms with Crippen LogP contribution in [0.4, 0.5) is 0 Å². The Labute approximate surface area is 95.0 Å². The van der Waals surface area contributed by atoms with Crippen LogP contribution >= 0.6 is 0 Å². The molecular formula is C13H26NO. The summed E-state index contributed by atoms with van der Waals surface area (Å²) in [5, 5.41) is 0. The van der Waals surface area contributed by atoms with Crippen molar-refractivity contribution in [2.75, 3.05) is 13.1 Å². The van der Waals surface area contributed by atoms with Gasteiger partial charge in [0.2, 0.25) is 0 Å². The highest BCUT2D eigenvalue weighted by Crippen LogP contribution is 2.13. The molecule has 1 unspecified atom stereocenters. The number of hydrogen-bond acceptors (Lipinski definition) is 2. The molecule has 0 aliphatic heterocycles. The van der Waals surface area contributed by atoms with Gasteiger partial charge in [0, 0.05) is 25.6 Å². The maximum Gasteiger partial charge on any atom is 0.200 e. The topological polar surface area (TPSA) is 20.3 Å². The summed E-state index contributed by atoms with van der Waals surface area (Å²) < 4.78 is 0. The molecule has 0 fully saturated rings. The van der Waals surface area contributed by atoms with Crippen LogP contribution in [-0.4, -0.2) is 30.3 Å². The average molecular weight is 212 g/mol. The summed E-state index contributed by atoms with van der Waals surface area (Å²) in [6.07, 6.45) is 3.64. The molecule has 0 bridgehead atoms. The predicted molar refractivity (Wildman–Crippen MR) is 65.6 cm³/mol. The van der Waals surface area contributed by atoms with Crippen molar-refractivity contribution in [1.82, 2.24) is 4.90 Å². The molecule has 0 amide bonds. The van der Waals surface area contributed by atoms with Gasteiger partial charge >= 0.3 is 0 Å². The summed E-state index contributed by atoms with van der Waals surface area (Å²) in [5.74, 6) is 1.31. The van der Waals surface area contributed by atoms with Gasteiger partial charge in [0.1, 0.15) is 0 Å². The molecule has 0 saturated heterocycles. The van der Waals surface area contributed by atoms with Crippen molar-refractivity contribution in [1.29, 1.82) is 0 Å². The Morgan fingerprint density at radius 3 is 1.80 bits per heavy atom. The molecule has 0 rings (SSSR count). The maximum absolute atomic E-state index is 10.5. The smallest absolute Gasteiger partial charge is 0.200 e. The van der Waals surface area contributed by atoms with E-state index < -0.39 is 0 Å². The van der Waals surface area contributed by atoms with E-state index in [9.17, 15) is 4.79 Å². The molecule has 0 heterocycles. The summed E-state index contributed by atoms with van der Waals surface area (Å²) >= 11 is 0. The van der Waals surface area contributed by atoms with Gasteiger partial charge in [0.25, 0.3) is 0 Å². The first-order valence-electron chi connectivity index (χ1n) is 6.10. The van der Waals surface area contributed by atoms with Crippen molar-refractivity contribution in [2.24, 2.45) is 11.8 Å². The maximum atomic E-state index is 10.5. The number of nitrogens with zero attached hydrogens (tertiary/aromatic N) is 1. The molecule has 2 nitrogen and oxygen atoms in total. The van der Waals surface area contributed by atoms with Crippen LogP contribution in [0, 0.1) is 11.8 Å². The fourth-order valence-corrected chi connectivity index (χ4v) is 1.94. The molecule has 1 radical (unpaired) electrons. The molecule has 89 valence electrons. The Kier molecular flexibility index (Phi) is 7.67. The van der Waals surface area contributed by atoms with Crippen LogP contribution in [0.25, 0.3) is 0 Å². The minimum atomic E-state index is 0.382. The zero-order chi connectivity index (χ0) is 11.8. The molecule has 0 aromatic carbocycles. The van der Waals surface area contributed by atoms with Gasteiger partial charge in [-0.3, -0.25) is 9.69 Å². The van der Waals surface area contributed by atoms with Crippen LogP contribution < -0.4 is 0 Å². The Hall–Kier alpha value is -0.370. The standard InChI is InChI=1S/C13H26NO/c1-6-13(7-8-15)14(9-11(2)3)10-12(4)5/h11-13H,6-7,9-10H2,1-5H3. The van der Waals surface area contributed by atoms with Gasteiger partial charge in [-0.25, -0.2) is 0 Å². The van der Waals surface area contributed by atoms with Gasteiger partial charge in [-0.15, -0.1) is 0 Å². The van der Waals surface area contributed by atoms with Crippen molar-refractivity contribution in [3.63, 3.8) is 0 Å². The highest BCUT2D eigenvalue weighted by Gasteiger charge is 2.18. The highest BCUT2D eigenvalue weighted by atomic mass is 16.1. The molecule has 0 spiro atoms. The van der Waals surface area contributed by atoms with Gasteiger partial charge in [0.05, 0.1) is 0 Å². The predicted octanol–water partition coefficient (Wildman–Crippen LogP) is 2.88. The van der Waals surface area contributed by atoms with Gasteiger partial charge in [-0.05, 0) is 18.3 Å². The SMILES string of the molecule is CCC(C[C]=O)N(CC(C)C)CC(C)C. The first-order valence-corrected chi connectivity index (χ1v) is 6.10. The molecule has 0 N–H and O–H groups in total. The van der Waals surface area contributed by atoms with E-state index in [0.29, 0.717) is 24.3 Å². The second-order valence-electron chi connectivity index (χ2n) is 5.15. The lowest BCUT2D eigenvalue weighted by Gasteiger charge is -2.32. The van der Waals surface area contributed by atoms with Gasteiger partial charge in [-0.1, -0.05) is 34.6 Å². The molecule has 0 aromatic rings. The van der Waals surface area contributed by atoms with E-state index in [1.165, 1.54) is 0 Å². The molecule has 2 heteroatoms. The van der Waals surface area contributed by atoms with Gasteiger partial charge < -0.3 is 0 Å². The van der Waals surface area contributed by atoms with Gasteiger partial charge in [0.15, 0.2) is 6.29 Å². The summed E-state index contributed by atoms with van der Waals surface area (Å²) in [6, 6.07) is 0.382. The zero-order valence-corrected chi connectivity index (χ0v) is 10.9. The third-order valence-electron chi connectivity index (χ3n) is 2.51. The molecule has 15 heavy (non-hydrogen) atoms. The average Bonchev–Trinajstić information content (AvgIpc) is 2.11. The molecular weight excluding hydrogens is 186 g/mol. The molecule has 0 saturated carbocycles. The highest BCUT2D eigenvalue weighted by molar-refractivity contribution is 5.51. The van der Waals surface area contributed by atoms with E-state index in [4.69, 9.17) is 0 Å². The minimum Gasteiger partial charge on any atom is -0.299 e. The molecule has 0 aromatic heterocycles. The lowest BCUT2D eigenvalue weighted by molar-refractivity contribution is 0.155. The molecule has 0 aliphatic carbocycles. The Balaban J connectivity index is 4.34. The van der Waals surface area contributed by atoms with E-state index in [2.05, 4.69) is 45.8 Å². The second kappa shape index (κ2) is 7.86. The van der Waals surface area contributed by atoms with E-state index in [1.54, 1.807) is 0 Å². The number of rotatable bonds is 8. The summed E-state index contributed by atoms with van der Waals surface area (Å²) in [6.45, 7) is 13.2. The fraction of sp³-hybridized carbons (Fsp3) is 0.923. The molecule has 1 atom stereocenters. The monoisotopic (exact) mass is 212 g/mol. The van der Waals surface area contributed by atoms with Crippen molar-refractivity contribution in [2.45, 2.75) is 53.5 Å². The van der Waals surface area contributed by atoms with E-state index in [-0.39, 0.29) is 0 Å². The normalized spacial score (nSPS) is 13.9. The summed E-state index contributed by atoms with van der Waals surface area (Å²) in [4.78, 5) is 12.9. The zero-order valence-electron chi connectivity index (χ0n) is 10.9. The van der Waals surface area contributed by atoms with Crippen molar-refractivity contribution < 1.29 is 4.79 Å². The van der Waals surface area contributed by atoms with Crippen LogP contribution in [0.5, 0.6) is 0 Å². The summed E-state index contributed by atoms with van der Waals surface area (Å²) in [7, 11) is 0. The third kappa shape index (κ3) is 6.67. The lowest BCUT2D eigenvalue weighted by atomic mass is 10.1. The fourth-order valence-electron chi connectivity index (χ4n) is 1.94. The first kappa shape index (κ1) is 14.6. The minimum absolute atomic E-state index is 0.382. The Morgan fingerprint density at radius 1 is 1.07 bits per heavy atom. The van der Waals surface area contributed by atoms with E-state index in [0.717, 1.165) is 19.5 Å². The Morgan fingerprint density at radius 2 is 1.53 bits per heavy atom. The van der Waals surface area contributed by atoms with Crippen LogP contribution in [0.3, 0.4) is 0 Å². The van der Waals surface area contributed by atoms with Crippen molar-refractivity contribution >= 4 is 6.29 Å².